The summed E-state index contributed by atoms with van der Waals surface area (Å²) in [5, 5.41) is 16.5. The molecule has 0 spiro atoms. The van der Waals surface area contributed by atoms with Crippen LogP contribution in [-0.4, -0.2) is 35.4 Å². The van der Waals surface area contributed by atoms with E-state index in [1.54, 1.807) is 0 Å². The fourth-order valence-corrected chi connectivity index (χ4v) is 4.34. The third-order valence-corrected chi connectivity index (χ3v) is 5.99. The monoisotopic (exact) mass is 397 g/mol. The number of amides is 2. The normalized spacial score (nSPS) is 19.0. The highest BCUT2D eigenvalue weighted by Gasteiger charge is 2.24. The number of carbonyl (C=O) groups excluding carboxylic acids is 1. The van der Waals surface area contributed by atoms with Crippen LogP contribution in [0.15, 0.2) is 42.5 Å². The maximum Gasteiger partial charge on any atom is 0.319 e. The highest BCUT2D eigenvalue weighted by molar-refractivity contribution is 5.92. The first-order chi connectivity index (χ1) is 14.1. The molecule has 2 aromatic carbocycles. The molecule has 2 heterocycles. The highest BCUT2D eigenvalue weighted by atomic mass is 19.1. The molecule has 2 unspecified atom stereocenters. The van der Waals surface area contributed by atoms with Gasteiger partial charge >= 0.3 is 6.03 Å². The summed E-state index contributed by atoms with van der Waals surface area (Å²) in [4.78, 5) is 13.7. The minimum atomic E-state index is -0.491. The quantitative estimate of drug-likeness (QED) is 0.691. The summed E-state index contributed by atoms with van der Waals surface area (Å²) in [6, 6.07) is 12.5. The van der Waals surface area contributed by atoms with E-state index < -0.39 is 6.23 Å². The van der Waals surface area contributed by atoms with Gasteiger partial charge in [0.15, 0.2) is 0 Å². The third kappa shape index (κ3) is 4.95. The average Bonchev–Trinajstić information content (AvgIpc) is 2.75. The summed E-state index contributed by atoms with van der Waals surface area (Å²) in [5.41, 5.74) is 4.04. The second-order valence-corrected chi connectivity index (χ2v) is 8.06. The lowest BCUT2D eigenvalue weighted by atomic mass is 9.87. The van der Waals surface area contributed by atoms with Gasteiger partial charge in [-0.15, -0.1) is 0 Å². The van der Waals surface area contributed by atoms with Gasteiger partial charge in [-0.2, -0.15) is 0 Å². The van der Waals surface area contributed by atoms with E-state index in [9.17, 15) is 14.3 Å². The van der Waals surface area contributed by atoms with E-state index >= 15 is 0 Å². The van der Waals surface area contributed by atoms with Crippen LogP contribution in [-0.2, 0) is 13.0 Å². The molecule has 0 saturated carbocycles. The van der Waals surface area contributed by atoms with Crippen molar-refractivity contribution >= 4 is 11.7 Å². The molecule has 154 valence electrons. The molecule has 2 aliphatic heterocycles. The van der Waals surface area contributed by atoms with Gasteiger partial charge in [0.25, 0.3) is 0 Å². The zero-order chi connectivity index (χ0) is 20.2. The van der Waals surface area contributed by atoms with E-state index in [2.05, 4.69) is 21.6 Å². The minimum absolute atomic E-state index is 0.0975. The topological polar surface area (TPSA) is 64.6 Å². The smallest absolute Gasteiger partial charge is 0.319 e. The van der Waals surface area contributed by atoms with E-state index in [4.69, 9.17) is 0 Å². The Morgan fingerprint density at radius 2 is 1.83 bits per heavy atom. The van der Waals surface area contributed by atoms with Gasteiger partial charge in [-0.1, -0.05) is 30.7 Å². The number of halogens is 1. The SMILES string of the molecule is O=C1NCc2cc(C(Cc3ccc(F)cc3)CC(O)N3CCCCC3)ccc2N1. The summed E-state index contributed by atoms with van der Waals surface area (Å²) >= 11 is 0. The van der Waals surface area contributed by atoms with Crippen molar-refractivity contribution in [3.8, 4) is 0 Å². The Hall–Kier alpha value is -2.44. The summed E-state index contributed by atoms with van der Waals surface area (Å²) in [6.07, 6.45) is 4.34. The van der Waals surface area contributed by atoms with E-state index in [1.807, 2.05) is 24.3 Å². The molecular formula is C23H28FN3O2. The zero-order valence-corrected chi connectivity index (χ0v) is 16.5. The van der Waals surface area contributed by atoms with Crippen LogP contribution >= 0.6 is 0 Å². The largest absolute Gasteiger partial charge is 0.378 e. The Morgan fingerprint density at radius 3 is 2.59 bits per heavy atom. The second kappa shape index (κ2) is 8.93. The van der Waals surface area contributed by atoms with Crippen molar-refractivity contribution in [1.29, 1.82) is 0 Å². The molecule has 2 amide bonds. The summed E-state index contributed by atoms with van der Waals surface area (Å²) in [6.45, 7) is 2.36. The molecule has 6 heteroatoms. The Bertz CT molecular complexity index is 850. The number of aliphatic hydroxyl groups excluding tert-OH is 1. The molecule has 0 bridgehead atoms. The fourth-order valence-electron chi connectivity index (χ4n) is 4.34. The van der Waals surface area contributed by atoms with E-state index in [0.29, 0.717) is 13.0 Å². The molecule has 2 atom stereocenters. The van der Waals surface area contributed by atoms with Crippen LogP contribution in [0.3, 0.4) is 0 Å². The van der Waals surface area contributed by atoms with Crippen LogP contribution in [0.5, 0.6) is 0 Å². The van der Waals surface area contributed by atoms with Gasteiger partial charge in [0, 0.05) is 25.3 Å². The van der Waals surface area contributed by atoms with Crippen LogP contribution in [0.25, 0.3) is 0 Å². The number of urea groups is 1. The molecule has 3 N–H and O–H groups in total. The maximum atomic E-state index is 13.3. The molecule has 29 heavy (non-hydrogen) atoms. The number of anilines is 1. The van der Waals surface area contributed by atoms with Crippen molar-refractivity contribution in [3.63, 3.8) is 0 Å². The number of rotatable bonds is 6. The van der Waals surface area contributed by atoms with Crippen LogP contribution in [0.2, 0.25) is 0 Å². The van der Waals surface area contributed by atoms with Crippen molar-refractivity contribution in [2.75, 3.05) is 18.4 Å². The Labute approximate surface area is 170 Å². The van der Waals surface area contributed by atoms with Crippen molar-refractivity contribution in [3.05, 3.63) is 65.0 Å². The molecule has 1 fully saturated rings. The second-order valence-electron chi connectivity index (χ2n) is 8.06. The first-order valence-electron chi connectivity index (χ1n) is 10.4. The number of hydrogen-bond donors (Lipinski definition) is 3. The predicted octanol–water partition coefficient (Wildman–Crippen LogP) is 3.98. The average molecular weight is 397 g/mol. The van der Waals surface area contributed by atoms with Crippen LogP contribution in [0.4, 0.5) is 14.9 Å². The molecule has 4 rings (SSSR count). The standard InChI is InChI=1S/C23H28FN3O2/c24-20-7-4-16(5-8-20)12-18(14-22(28)27-10-2-1-3-11-27)17-6-9-21-19(13-17)15-25-23(29)26-21/h4-9,13,18,22,28H,1-3,10-12,14-15H2,(H2,25,26,29). The Balaban J connectivity index is 1.56. The van der Waals surface area contributed by atoms with Crippen LogP contribution < -0.4 is 10.6 Å². The number of aliphatic hydroxyl groups is 1. The lowest BCUT2D eigenvalue weighted by Crippen LogP contribution is -2.40. The number of nitrogens with zero attached hydrogens (tertiary/aromatic N) is 1. The van der Waals surface area contributed by atoms with Crippen molar-refractivity contribution in [2.45, 2.75) is 50.8 Å². The van der Waals surface area contributed by atoms with Crippen molar-refractivity contribution in [2.24, 2.45) is 0 Å². The van der Waals surface area contributed by atoms with Crippen molar-refractivity contribution < 1.29 is 14.3 Å². The van der Waals surface area contributed by atoms with Crippen molar-refractivity contribution in [1.82, 2.24) is 10.2 Å². The number of carbonyl (C=O) groups is 1. The lowest BCUT2D eigenvalue weighted by Gasteiger charge is -2.33. The number of hydrogen-bond acceptors (Lipinski definition) is 3. The first-order valence-corrected chi connectivity index (χ1v) is 10.4. The molecule has 1 saturated heterocycles. The van der Waals surface area contributed by atoms with Gasteiger partial charge in [-0.05, 0) is 66.5 Å². The molecule has 5 nitrogen and oxygen atoms in total. The van der Waals surface area contributed by atoms with Gasteiger partial charge < -0.3 is 15.7 Å². The molecule has 2 aromatic rings. The highest BCUT2D eigenvalue weighted by Crippen LogP contribution is 2.31. The predicted molar refractivity (Wildman–Crippen MR) is 111 cm³/mol. The molecular weight excluding hydrogens is 369 g/mol. The number of piperidine rings is 1. The summed E-state index contributed by atoms with van der Waals surface area (Å²) in [5.74, 6) is -0.144. The van der Waals surface area contributed by atoms with Gasteiger partial charge in [0.2, 0.25) is 0 Å². The van der Waals surface area contributed by atoms with E-state index in [-0.39, 0.29) is 17.8 Å². The van der Waals surface area contributed by atoms with E-state index in [1.165, 1.54) is 18.6 Å². The van der Waals surface area contributed by atoms with Crippen LogP contribution in [0.1, 0.15) is 48.3 Å². The third-order valence-electron chi connectivity index (χ3n) is 5.99. The number of nitrogens with one attached hydrogen (secondary N) is 2. The molecule has 0 radical (unpaired) electrons. The molecule has 0 aliphatic carbocycles. The summed E-state index contributed by atoms with van der Waals surface area (Å²) in [7, 11) is 0. The summed E-state index contributed by atoms with van der Waals surface area (Å²) < 4.78 is 13.3. The molecule has 0 aromatic heterocycles. The van der Waals surface area contributed by atoms with Gasteiger partial charge in [0.1, 0.15) is 12.0 Å². The maximum absolute atomic E-state index is 13.3. The van der Waals surface area contributed by atoms with E-state index in [0.717, 1.165) is 54.7 Å². The van der Waals surface area contributed by atoms with Crippen LogP contribution in [0, 0.1) is 5.82 Å². The first kappa shape index (κ1) is 19.9. The number of likely N-dealkylation sites (tertiary alicyclic amines) is 1. The Kier molecular flexibility index (Phi) is 6.11. The molecule has 2 aliphatic rings. The number of benzene rings is 2. The van der Waals surface area contributed by atoms with Gasteiger partial charge in [-0.3, -0.25) is 4.90 Å². The minimum Gasteiger partial charge on any atom is -0.378 e. The lowest BCUT2D eigenvalue weighted by molar-refractivity contribution is -0.0179. The number of fused-ring (bicyclic) bond motifs is 1. The van der Waals surface area contributed by atoms with Gasteiger partial charge in [-0.25, -0.2) is 9.18 Å². The van der Waals surface area contributed by atoms with Gasteiger partial charge in [0.05, 0.1) is 0 Å². The fraction of sp³-hybridized carbons (Fsp3) is 0.435. The Morgan fingerprint density at radius 1 is 1.07 bits per heavy atom. The zero-order valence-electron chi connectivity index (χ0n) is 16.5.